The molecule has 1 aromatic carbocycles. The number of amides is 1. The summed E-state index contributed by atoms with van der Waals surface area (Å²) in [6, 6.07) is 9.86. The highest BCUT2D eigenvalue weighted by atomic mass is 32.1. The Bertz CT molecular complexity index is 425. The average molecular weight is 204 g/mol. The zero-order valence-electron chi connectivity index (χ0n) is 7.31. The maximum Gasteiger partial charge on any atom is 0.212 e. The molecule has 2 rings (SSSR count). The lowest BCUT2D eigenvalue weighted by molar-refractivity contribution is -0.105. The summed E-state index contributed by atoms with van der Waals surface area (Å²) in [6.07, 6.45) is 0.629. The molecule has 0 saturated heterocycles. The van der Waals surface area contributed by atoms with Gasteiger partial charge in [-0.2, -0.15) is 0 Å². The smallest absolute Gasteiger partial charge is 0.212 e. The molecule has 0 radical (unpaired) electrons. The Morgan fingerprint density at radius 1 is 1.29 bits per heavy atom. The molecule has 0 fully saturated rings. The fourth-order valence-corrected chi connectivity index (χ4v) is 1.88. The van der Waals surface area contributed by atoms with Gasteiger partial charge in [-0.3, -0.25) is 4.79 Å². The lowest BCUT2D eigenvalue weighted by Gasteiger charge is -1.93. The minimum absolute atomic E-state index is 0.601. The predicted octanol–water partition coefficient (Wildman–Crippen LogP) is 2.38. The highest BCUT2D eigenvalue weighted by Gasteiger charge is 2.02. The molecule has 0 bridgehead atoms. The Morgan fingerprint density at radius 3 is 2.79 bits per heavy atom. The molecule has 4 heteroatoms. The summed E-state index contributed by atoms with van der Waals surface area (Å²) >= 11 is 1.51. The molecule has 2 aromatic rings. The van der Waals surface area contributed by atoms with E-state index in [1.54, 1.807) is 0 Å². The van der Waals surface area contributed by atoms with Gasteiger partial charge in [0.2, 0.25) is 6.41 Å². The van der Waals surface area contributed by atoms with E-state index in [9.17, 15) is 4.79 Å². The van der Waals surface area contributed by atoms with Crippen LogP contribution in [0.2, 0.25) is 0 Å². The summed E-state index contributed by atoms with van der Waals surface area (Å²) in [5, 5.41) is 5.24. The first-order chi connectivity index (χ1) is 6.90. The van der Waals surface area contributed by atoms with E-state index in [-0.39, 0.29) is 0 Å². The summed E-state index contributed by atoms with van der Waals surface area (Å²) in [6.45, 7) is 0. The number of aromatic nitrogens is 1. The van der Waals surface area contributed by atoms with Crippen molar-refractivity contribution in [1.82, 2.24) is 4.98 Å². The Balaban J connectivity index is 2.29. The first-order valence-corrected chi connectivity index (χ1v) is 4.99. The van der Waals surface area contributed by atoms with E-state index in [4.69, 9.17) is 0 Å². The fraction of sp³-hybridized carbons (Fsp3) is 0. The first kappa shape index (κ1) is 8.90. The van der Waals surface area contributed by atoms with Gasteiger partial charge in [-0.1, -0.05) is 30.3 Å². The third-order valence-electron chi connectivity index (χ3n) is 1.73. The van der Waals surface area contributed by atoms with Crippen molar-refractivity contribution in [3.63, 3.8) is 0 Å². The molecule has 0 spiro atoms. The largest absolute Gasteiger partial charge is 0.313 e. The van der Waals surface area contributed by atoms with Crippen LogP contribution < -0.4 is 5.32 Å². The van der Waals surface area contributed by atoms with Gasteiger partial charge in [0.1, 0.15) is 10.8 Å². The van der Waals surface area contributed by atoms with E-state index in [0.29, 0.717) is 12.2 Å². The molecule has 0 saturated carbocycles. The number of benzene rings is 1. The number of hydrogen-bond donors (Lipinski definition) is 1. The number of rotatable bonds is 3. The highest BCUT2D eigenvalue weighted by molar-refractivity contribution is 7.13. The van der Waals surface area contributed by atoms with Crippen LogP contribution in [-0.4, -0.2) is 11.4 Å². The van der Waals surface area contributed by atoms with E-state index in [1.165, 1.54) is 11.3 Å². The van der Waals surface area contributed by atoms with Crippen LogP contribution >= 0.6 is 11.3 Å². The van der Waals surface area contributed by atoms with E-state index in [2.05, 4.69) is 10.3 Å². The molecule has 0 aliphatic rings. The van der Waals surface area contributed by atoms with Gasteiger partial charge >= 0.3 is 0 Å². The monoisotopic (exact) mass is 204 g/mol. The van der Waals surface area contributed by atoms with E-state index in [0.717, 1.165) is 10.6 Å². The SMILES string of the molecule is O=CNc1csc(-c2ccccc2)n1. The number of hydrogen-bond acceptors (Lipinski definition) is 3. The van der Waals surface area contributed by atoms with Gasteiger partial charge in [-0.15, -0.1) is 11.3 Å². The molecule has 3 nitrogen and oxygen atoms in total. The van der Waals surface area contributed by atoms with Crippen molar-refractivity contribution in [2.45, 2.75) is 0 Å². The Morgan fingerprint density at radius 2 is 2.07 bits per heavy atom. The van der Waals surface area contributed by atoms with Crippen molar-refractivity contribution in [3.8, 4) is 10.6 Å². The lowest BCUT2D eigenvalue weighted by atomic mass is 10.2. The van der Waals surface area contributed by atoms with Gasteiger partial charge < -0.3 is 5.32 Å². The second kappa shape index (κ2) is 4.02. The molecule has 70 valence electrons. The zero-order chi connectivity index (χ0) is 9.80. The quantitative estimate of drug-likeness (QED) is 0.780. The van der Waals surface area contributed by atoms with E-state index in [1.807, 2.05) is 35.7 Å². The normalized spacial score (nSPS) is 9.71. The lowest BCUT2D eigenvalue weighted by Crippen LogP contribution is -1.92. The van der Waals surface area contributed by atoms with Crippen LogP contribution in [0.25, 0.3) is 10.6 Å². The highest BCUT2D eigenvalue weighted by Crippen LogP contribution is 2.24. The van der Waals surface area contributed by atoms with Crippen LogP contribution in [-0.2, 0) is 4.79 Å². The molecule has 14 heavy (non-hydrogen) atoms. The summed E-state index contributed by atoms with van der Waals surface area (Å²) in [5.74, 6) is 0.601. The molecule has 0 aliphatic heterocycles. The molecule has 0 atom stereocenters. The molecule has 0 unspecified atom stereocenters. The molecule has 1 N–H and O–H groups in total. The van der Waals surface area contributed by atoms with E-state index >= 15 is 0 Å². The second-order valence-electron chi connectivity index (χ2n) is 2.67. The molecule has 1 amide bonds. The number of nitrogens with one attached hydrogen (secondary N) is 1. The third-order valence-corrected chi connectivity index (χ3v) is 2.62. The molecule has 1 heterocycles. The molecular formula is C10H8N2OS. The van der Waals surface area contributed by atoms with E-state index < -0.39 is 0 Å². The predicted molar refractivity (Wildman–Crippen MR) is 57.2 cm³/mol. The number of nitrogens with zero attached hydrogens (tertiary/aromatic N) is 1. The average Bonchev–Trinajstić information content (AvgIpc) is 2.68. The van der Waals surface area contributed by atoms with Crippen molar-refractivity contribution in [3.05, 3.63) is 35.7 Å². The number of anilines is 1. The summed E-state index contributed by atoms with van der Waals surface area (Å²) < 4.78 is 0. The van der Waals surface area contributed by atoms with Crippen LogP contribution in [0.1, 0.15) is 0 Å². The van der Waals surface area contributed by atoms with Crippen LogP contribution in [0.3, 0.4) is 0 Å². The summed E-state index contributed by atoms with van der Waals surface area (Å²) in [5.41, 5.74) is 1.07. The maximum atomic E-state index is 10.2. The van der Waals surface area contributed by atoms with Gasteiger partial charge in [0.05, 0.1) is 0 Å². The van der Waals surface area contributed by atoms with Crippen LogP contribution in [0.15, 0.2) is 35.7 Å². The Hall–Kier alpha value is -1.68. The second-order valence-corrected chi connectivity index (χ2v) is 3.52. The Kier molecular flexibility index (Phi) is 2.55. The minimum Gasteiger partial charge on any atom is -0.313 e. The van der Waals surface area contributed by atoms with Crippen molar-refractivity contribution in [2.75, 3.05) is 5.32 Å². The number of carbonyl (C=O) groups excluding carboxylic acids is 1. The molecule has 1 aromatic heterocycles. The standard InChI is InChI=1S/C10H8N2OS/c13-7-11-9-6-14-10(12-9)8-4-2-1-3-5-8/h1-7H,(H,11,13). The van der Waals surface area contributed by atoms with Gasteiger partial charge in [-0.05, 0) is 0 Å². The zero-order valence-corrected chi connectivity index (χ0v) is 8.12. The van der Waals surface area contributed by atoms with Gasteiger partial charge in [0.15, 0.2) is 0 Å². The topological polar surface area (TPSA) is 42.0 Å². The fourth-order valence-electron chi connectivity index (χ4n) is 1.11. The van der Waals surface area contributed by atoms with Crippen LogP contribution in [0, 0.1) is 0 Å². The van der Waals surface area contributed by atoms with Gasteiger partial charge in [-0.25, -0.2) is 4.98 Å². The minimum atomic E-state index is 0.601. The van der Waals surface area contributed by atoms with Gasteiger partial charge in [0, 0.05) is 10.9 Å². The third kappa shape index (κ3) is 1.80. The van der Waals surface area contributed by atoms with Crippen molar-refractivity contribution < 1.29 is 4.79 Å². The van der Waals surface area contributed by atoms with Gasteiger partial charge in [0.25, 0.3) is 0 Å². The van der Waals surface area contributed by atoms with Crippen molar-refractivity contribution in [1.29, 1.82) is 0 Å². The maximum absolute atomic E-state index is 10.2. The van der Waals surface area contributed by atoms with Crippen molar-refractivity contribution in [2.24, 2.45) is 0 Å². The number of carbonyl (C=O) groups is 1. The van der Waals surface area contributed by atoms with Crippen molar-refractivity contribution >= 4 is 23.6 Å². The molecule has 0 aliphatic carbocycles. The first-order valence-electron chi connectivity index (χ1n) is 4.11. The Labute approximate surface area is 85.4 Å². The summed E-state index contributed by atoms with van der Waals surface area (Å²) in [7, 11) is 0. The van der Waals surface area contributed by atoms with Crippen LogP contribution in [0.5, 0.6) is 0 Å². The summed E-state index contributed by atoms with van der Waals surface area (Å²) in [4.78, 5) is 14.4. The number of thiazole rings is 1. The van der Waals surface area contributed by atoms with Crippen LogP contribution in [0.4, 0.5) is 5.82 Å². The molecular weight excluding hydrogens is 196 g/mol.